The summed E-state index contributed by atoms with van der Waals surface area (Å²) < 4.78 is 2.32. The van der Waals surface area contributed by atoms with Crippen molar-refractivity contribution in [2.75, 3.05) is 5.32 Å². The molecule has 0 spiro atoms. The van der Waals surface area contributed by atoms with Crippen LogP contribution in [0.25, 0.3) is 0 Å². The predicted molar refractivity (Wildman–Crippen MR) is 72.3 cm³/mol. The van der Waals surface area contributed by atoms with Gasteiger partial charge in [-0.25, -0.2) is 0 Å². The number of hydrogen-bond donors (Lipinski definition) is 2. The van der Waals surface area contributed by atoms with E-state index in [1.165, 1.54) is 3.57 Å². The van der Waals surface area contributed by atoms with Crippen LogP contribution in [0.3, 0.4) is 0 Å². The van der Waals surface area contributed by atoms with Crippen LogP contribution in [0.5, 0.6) is 0 Å². The molecule has 64 valence electrons. The molecule has 5 heteroatoms. The van der Waals surface area contributed by atoms with E-state index in [0.29, 0.717) is 5.11 Å². The van der Waals surface area contributed by atoms with Crippen molar-refractivity contribution in [2.24, 2.45) is 5.73 Å². The van der Waals surface area contributed by atoms with Crippen LogP contribution in [0.1, 0.15) is 0 Å². The molecule has 0 amide bonds. The molecular formula is C7H6I2N2S. The smallest absolute Gasteiger partial charge is 0.168 e. The van der Waals surface area contributed by atoms with E-state index >= 15 is 0 Å². The van der Waals surface area contributed by atoms with Gasteiger partial charge in [-0.05, 0) is 75.6 Å². The summed E-state index contributed by atoms with van der Waals surface area (Å²) in [5.41, 5.74) is 6.31. The first kappa shape index (κ1) is 10.5. The molecule has 3 N–H and O–H groups in total. The molecule has 0 aliphatic carbocycles. The zero-order chi connectivity index (χ0) is 9.14. The van der Waals surface area contributed by atoms with Crippen LogP contribution in [0.2, 0.25) is 0 Å². The van der Waals surface area contributed by atoms with Gasteiger partial charge in [0.1, 0.15) is 0 Å². The fourth-order valence-corrected chi connectivity index (χ4v) is 2.57. The van der Waals surface area contributed by atoms with Gasteiger partial charge in [0.25, 0.3) is 0 Å². The molecule has 0 unspecified atom stereocenters. The zero-order valence-corrected chi connectivity index (χ0v) is 11.1. The van der Waals surface area contributed by atoms with Gasteiger partial charge in [0.05, 0.1) is 5.69 Å². The molecule has 0 atom stereocenters. The summed E-state index contributed by atoms with van der Waals surface area (Å²) in [6.07, 6.45) is 0. The van der Waals surface area contributed by atoms with Crippen LogP contribution in [0.4, 0.5) is 5.69 Å². The van der Waals surface area contributed by atoms with E-state index in [2.05, 4.69) is 56.6 Å². The topological polar surface area (TPSA) is 38.0 Å². The Labute approximate surface area is 104 Å². The average molecular weight is 404 g/mol. The Kier molecular flexibility index (Phi) is 3.97. The lowest BCUT2D eigenvalue weighted by Crippen LogP contribution is -2.19. The van der Waals surface area contributed by atoms with Crippen LogP contribution in [0.15, 0.2) is 18.2 Å². The Morgan fingerprint density at radius 1 is 1.42 bits per heavy atom. The highest BCUT2D eigenvalue weighted by Crippen LogP contribution is 2.20. The van der Waals surface area contributed by atoms with Gasteiger partial charge in [-0.15, -0.1) is 0 Å². The molecule has 0 fully saturated rings. The molecule has 0 saturated heterocycles. The third kappa shape index (κ3) is 3.02. The minimum absolute atomic E-state index is 0.300. The van der Waals surface area contributed by atoms with Crippen LogP contribution in [-0.4, -0.2) is 5.11 Å². The van der Waals surface area contributed by atoms with Gasteiger partial charge in [0.15, 0.2) is 5.11 Å². The maximum Gasteiger partial charge on any atom is 0.168 e. The summed E-state index contributed by atoms with van der Waals surface area (Å²) in [6, 6.07) is 6.02. The van der Waals surface area contributed by atoms with Gasteiger partial charge in [-0.3, -0.25) is 0 Å². The Hall–Kier alpha value is 0.370. The van der Waals surface area contributed by atoms with Crippen molar-refractivity contribution in [1.29, 1.82) is 0 Å². The van der Waals surface area contributed by atoms with Crippen molar-refractivity contribution in [3.8, 4) is 0 Å². The van der Waals surface area contributed by atoms with Crippen LogP contribution < -0.4 is 11.1 Å². The van der Waals surface area contributed by atoms with Gasteiger partial charge in [-0.2, -0.15) is 0 Å². The first-order valence-corrected chi connectivity index (χ1v) is 5.67. The Balaban J connectivity index is 2.93. The quantitative estimate of drug-likeness (QED) is 0.559. The van der Waals surface area contributed by atoms with Gasteiger partial charge >= 0.3 is 0 Å². The normalized spacial score (nSPS) is 9.50. The minimum Gasteiger partial charge on any atom is -0.376 e. The number of nitrogens with two attached hydrogens (primary N) is 1. The number of anilines is 1. The highest BCUT2D eigenvalue weighted by Gasteiger charge is 1.99. The van der Waals surface area contributed by atoms with E-state index in [4.69, 9.17) is 18.0 Å². The summed E-state index contributed by atoms with van der Waals surface area (Å²) >= 11 is 9.23. The minimum atomic E-state index is 0.300. The number of rotatable bonds is 1. The molecule has 0 aliphatic heterocycles. The van der Waals surface area contributed by atoms with Crippen molar-refractivity contribution >= 4 is 68.2 Å². The van der Waals surface area contributed by atoms with E-state index in [1.54, 1.807) is 0 Å². The maximum absolute atomic E-state index is 5.35. The third-order valence-electron chi connectivity index (χ3n) is 1.19. The highest BCUT2D eigenvalue weighted by molar-refractivity contribution is 14.1. The molecule has 0 heterocycles. The Morgan fingerprint density at radius 3 is 2.58 bits per heavy atom. The molecule has 1 aromatic carbocycles. The monoisotopic (exact) mass is 404 g/mol. The molecule has 1 aromatic rings. The fourth-order valence-electron chi connectivity index (χ4n) is 0.724. The Bertz CT molecular complexity index is 314. The molecule has 0 aliphatic rings. The van der Waals surface area contributed by atoms with E-state index in [0.717, 1.165) is 9.26 Å². The molecular weight excluding hydrogens is 398 g/mol. The predicted octanol–water partition coefficient (Wildman–Crippen LogP) is 2.55. The third-order valence-corrected chi connectivity index (χ3v) is 2.85. The van der Waals surface area contributed by atoms with Crippen molar-refractivity contribution in [1.82, 2.24) is 0 Å². The van der Waals surface area contributed by atoms with Crippen LogP contribution in [0, 0.1) is 7.14 Å². The summed E-state index contributed by atoms with van der Waals surface area (Å²) in [4.78, 5) is 0. The number of benzene rings is 1. The first-order chi connectivity index (χ1) is 5.59. The van der Waals surface area contributed by atoms with E-state index in [9.17, 15) is 0 Å². The molecule has 0 saturated carbocycles. The van der Waals surface area contributed by atoms with Crippen LogP contribution >= 0.6 is 57.4 Å². The lowest BCUT2D eigenvalue weighted by Gasteiger charge is -2.05. The van der Waals surface area contributed by atoms with Gasteiger partial charge in [-0.1, -0.05) is 0 Å². The van der Waals surface area contributed by atoms with E-state index in [1.807, 2.05) is 12.1 Å². The standard InChI is InChI=1S/C7H6I2N2S/c8-4-1-2-6(5(9)3-4)11-7(10)12/h1-3H,(H3,10,11,12). The van der Waals surface area contributed by atoms with E-state index < -0.39 is 0 Å². The summed E-state index contributed by atoms with van der Waals surface area (Å²) in [7, 11) is 0. The van der Waals surface area contributed by atoms with Crippen molar-refractivity contribution < 1.29 is 0 Å². The summed E-state index contributed by atoms with van der Waals surface area (Å²) in [5, 5.41) is 3.20. The summed E-state index contributed by atoms with van der Waals surface area (Å²) in [5.74, 6) is 0. The van der Waals surface area contributed by atoms with Crippen molar-refractivity contribution in [2.45, 2.75) is 0 Å². The maximum atomic E-state index is 5.35. The van der Waals surface area contributed by atoms with Crippen LogP contribution in [-0.2, 0) is 0 Å². The average Bonchev–Trinajstić information content (AvgIpc) is 1.94. The highest BCUT2D eigenvalue weighted by atomic mass is 127. The second kappa shape index (κ2) is 4.56. The van der Waals surface area contributed by atoms with Crippen molar-refractivity contribution in [3.63, 3.8) is 0 Å². The van der Waals surface area contributed by atoms with E-state index in [-0.39, 0.29) is 0 Å². The molecule has 2 nitrogen and oxygen atoms in total. The lowest BCUT2D eigenvalue weighted by molar-refractivity contribution is 1.54. The number of halogens is 2. The Morgan fingerprint density at radius 2 is 2.08 bits per heavy atom. The first-order valence-electron chi connectivity index (χ1n) is 3.11. The number of hydrogen-bond acceptors (Lipinski definition) is 1. The molecule has 0 bridgehead atoms. The molecule has 0 radical (unpaired) electrons. The molecule has 0 aromatic heterocycles. The van der Waals surface area contributed by atoms with Gasteiger partial charge < -0.3 is 11.1 Å². The lowest BCUT2D eigenvalue weighted by atomic mass is 10.3. The fraction of sp³-hybridized carbons (Fsp3) is 0. The summed E-state index contributed by atoms with van der Waals surface area (Å²) in [6.45, 7) is 0. The van der Waals surface area contributed by atoms with Crippen molar-refractivity contribution in [3.05, 3.63) is 25.3 Å². The SMILES string of the molecule is NC(=S)Nc1ccc(I)cc1I. The second-order valence-electron chi connectivity index (χ2n) is 2.11. The van der Waals surface area contributed by atoms with Gasteiger partial charge in [0, 0.05) is 7.14 Å². The molecule has 12 heavy (non-hydrogen) atoms. The number of thiocarbonyl (C=S) groups is 1. The van der Waals surface area contributed by atoms with Gasteiger partial charge in [0.2, 0.25) is 0 Å². The number of nitrogens with one attached hydrogen (secondary N) is 1. The second-order valence-corrected chi connectivity index (χ2v) is 4.96. The zero-order valence-electron chi connectivity index (χ0n) is 5.97. The molecule has 1 rings (SSSR count). The largest absolute Gasteiger partial charge is 0.376 e.